The fraction of sp³-hybridized carbons (Fsp3) is 0.455. The second kappa shape index (κ2) is 9.05. The minimum atomic E-state index is -1.03. The van der Waals surface area contributed by atoms with Gasteiger partial charge in [-0.1, -0.05) is 13.8 Å². The predicted octanol–water partition coefficient (Wildman–Crippen LogP) is 0.258. The zero-order valence-electron chi connectivity index (χ0n) is 12.3. The third-order valence-electron chi connectivity index (χ3n) is 2.21. The Morgan fingerprint density at radius 3 is 2.45 bits per heavy atom. The SMILES string of the molecule is CC.Cn1cc([N+](=O)[O-])cc(C(=O)NCCO[N+](=O)[O-])c1=O. The largest absolute Gasteiger partial charge is 0.350 e. The Morgan fingerprint density at radius 1 is 1.36 bits per heavy atom. The first-order valence-corrected chi connectivity index (χ1v) is 6.23. The third kappa shape index (κ3) is 5.56. The molecule has 0 aromatic carbocycles. The lowest BCUT2D eigenvalue weighted by molar-refractivity contribution is -0.757. The van der Waals surface area contributed by atoms with E-state index in [1.54, 1.807) is 0 Å². The second-order valence-corrected chi connectivity index (χ2v) is 3.60. The number of amides is 1. The molecular formula is C11H16N4O7. The highest BCUT2D eigenvalue weighted by atomic mass is 16.9. The maximum Gasteiger partial charge on any atom is 0.294 e. The van der Waals surface area contributed by atoms with Crippen LogP contribution in [0.15, 0.2) is 17.1 Å². The first-order valence-electron chi connectivity index (χ1n) is 6.23. The Morgan fingerprint density at radius 2 is 1.95 bits per heavy atom. The van der Waals surface area contributed by atoms with E-state index in [0.717, 1.165) is 16.8 Å². The third-order valence-corrected chi connectivity index (χ3v) is 2.21. The van der Waals surface area contributed by atoms with Crippen molar-refractivity contribution in [1.29, 1.82) is 0 Å². The van der Waals surface area contributed by atoms with Gasteiger partial charge in [-0.3, -0.25) is 19.7 Å². The summed E-state index contributed by atoms with van der Waals surface area (Å²) in [4.78, 5) is 47.1. The van der Waals surface area contributed by atoms with Gasteiger partial charge in [0, 0.05) is 19.7 Å². The van der Waals surface area contributed by atoms with E-state index in [0.29, 0.717) is 0 Å². The summed E-state index contributed by atoms with van der Waals surface area (Å²) in [5.74, 6) is -0.874. The van der Waals surface area contributed by atoms with Crippen molar-refractivity contribution in [1.82, 2.24) is 9.88 Å². The van der Waals surface area contributed by atoms with Gasteiger partial charge in [0.2, 0.25) is 0 Å². The first-order chi connectivity index (χ1) is 10.3. The molecule has 1 heterocycles. The highest BCUT2D eigenvalue weighted by Gasteiger charge is 2.17. The summed E-state index contributed by atoms with van der Waals surface area (Å²) in [5.41, 5.74) is -1.56. The quantitative estimate of drug-likeness (QED) is 0.449. The molecule has 1 aromatic rings. The van der Waals surface area contributed by atoms with Crippen LogP contribution in [0, 0.1) is 20.2 Å². The summed E-state index contributed by atoms with van der Waals surface area (Å²) in [7, 11) is 1.27. The van der Waals surface area contributed by atoms with Gasteiger partial charge in [-0.25, -0.2) is 0 Å². The van der Waals surface area contributed by atoms with Crippen molar-refractivity contribution in [2.24, 2.45) is 7.05 Å². The van der Waals surface area contributed by atoms with Gasteiger partial charge >= 0.3 is 0 Å². The molecule has 0 bridgehead atoms. The molecule has 0 fully saturated rings. The highest BCUT2D eigenvalue weighted by molar-refractivity contribution is 5.94. The minimum absolute atomic E-state index is 0.217. The number of carbonyl (C=O) groups excluding carboxylic acids is 1. The van der Waals surface area contributed by atoms with Crippen LogP contribution in [0.25, 0.3) is 0 Å². The lowest BCUT2D eigenvalue weighted by atomic mass is 10.2. The van der Waals surface area contributed by atoms with Crippen LogP contribution in [0.4, 0.5) is 5.69 Å². The van der Waals surface area contributed by atoms with Crippen LogP contribution in [0.1, 0.15) is 24.2 Å². The number of nitro groups is 1. The molecule has 11 nitrogen and oxygen atoms in total. The van der Waals surface area contributed by atoms with E-state index < -0.39 is 39.3 Å². The summed E-state index contributed by atoms with van der Waals surface area (Å²) in [6.07, 6.45) is 0.981. The van der Waals surface area contributed by atoms with E-state index in [1.165, 1.54) is 7.05 Å². The van der Waals surface area contributed by atoms with E-state index in [4.69, 9.17) is 0 Å². The van der Waals surface area contributed by atoms with Crippen LogP contribution >= 0.6 is 0 Å². The number of pyridine rings is 1. The number of hydrogen-bond acceptors (Lipinski definition) is 7. The van der Waals surface area contributed by atoms with Crippen LogP contribution in [0.2, 0.25) is 0 Å². The predicted molar refractivity (Wildman–Crippen MR) is 75.0 cm³/mol. The second-order valence-electron chi connectivity index (χ2n) is 3.60. The fourth-order valence-corrected chi connectivity index (χ4v) is 1.34. The van der Waals surface area contributed by atoms with E-state index in [2.05, 4.69) is 10.2 Å². The molecule has 0 atom stereocenters. The van der Waals surface area contributed by atoms with Crippen LogP contribution in [-0.4, -0.2) is 33.6 Å². The lowest BCUT2D eigenvalue weighted by Crippen LogP contribution is -2.34. The molecule has 22 heavy (non-hydrogen) atoms. The van der Waals surface area contributed by atoms with E-state index in [1.807, 2.05) is 13.8 Å². The average molecular weight is 316 g/mol. The molecule has 122 valence electrons. The molecule has 0 unspecified atom stereocenters. The van der Waals surface area contributed by atoms with Gasteiger partial charge in [0.1, 0.15) is 12.2 Å². The van der Waals surface area contributed by atoms with Crippen molar-refractivity contribution in [3.8, 4) is 0 Å². The van der Waals surface area contributed by atoms with Crippen molar-refractivity contribution >= 4 is 11.6 Å². The van der Waals surface area contributed by atoms with Gasteiger partial charge in [0.25, 0.3) is 22.2 Å². The minimum Gasteiger partial charge on any atom is -0.350 e. The molecule has 0 spiro atoms. The van der Waals surface area contributed by atoms with Crippen LogP contribution in [0.5, 0.6) is 0 Å². The molecule has 0 saturated carbocycles. The van der Waals surface area contributed by atoms with E-state index in [9.17, 15) is 29.8 Å². The fourth-order valence-electron chi connectivity index (χ4n) is 1.34. The van der Waals surface area contributed by atoms with Crippen molar-refractivity contribution in [2.45, 2.75) is 13.8 Å². The molecule has 11 heteroatoms. The monoisotopic (exact) mass is 316 g/mol. The normalized spacial score (nSPS) is 9.23. The molecular weight excluding hydrogens is 300 g/mol. The average Bonchev–Trinajstić information content (AvgIpc) is 2.47. The summed E-state index contributed by atoms with van der Waals surface area (Å²) in [6.45, 7) is 3.39. The number of aryl methyl sites for hydroxylation is 1. The number of rotatable bonds is 6. The maximum absolute atomic E-state index is 11.7. The Labute approximate surface area is 124 Å². The molecule has 1 rings (SSSR count). The Balaban J connectivity index is 0.00000211. The summed E-state index contributed by atoms with van der Waals surface area (Å²) in [6, 6.07) is 0.839. The summed E-state index contributed by atoms with van der Waals surface area (Å²) in [5, 5.41) is 21.7. The van der Waals surface area contributed by atoms with Crippen molar-refractivity contribution in [3.05, 3.63) is 48.4 Å². The maximum atomic E-state index is 11.7. The van der Waals surface area contributed by atoms with Crippen molar-refractivity contribution in [2.75, 3.05) is 13.2 Å². The summed E-state index contributed by atoms with van der Waals surface area (Å²) < 4.78 is 0.903. The van der Waals surface area contributed by atoms with Crippen LogP contribution < -0.4 is 10.9 Å². The topological polar surface area (TPSA) is 147 Å². The van der Waals surface area contributed by atoms with Crippen LogP contribution in [0.3, 0.4) is 0 Å². The van der Waals surface area contributed by atoms with Gasteiger partial charge in [-0.15, -0.1) is 10.1 Å². The number of hydrogen-bond donors (Lipinski definition) is 1. The molecule has 0 radical (unpaired) electrons. The highest BCUT2D eigenvalue weighted by Crippen LogP contribution is 2.09. The number of nitrogens with one attached hydrogen (secondary N) is 1. The van der Waals surface area contributed by atoms with Gasteiger partial charge in [-0.05, 0) is 0 Å². The zero-order valence-corrected chi connectivity index (χ0v) is 12.3. The molecule has 1 aromatic heterocycles. The molecule has 0 aliphatic heterocycles. The first kappa shape index (κ1) is 19.0. The molecule has 1 N–H and O–H groups in total. The Hall–Kier alpha value is -2.98. The van der Waals surface area contributed by atoms with Crippen LogP contribution in [-0.2, 0) is 11.9 Å². The van der Waals surface area contributed by atoms with Gasteiger partial charge in [0.15, 0.2) is 0 Å². The molecule has 0 aliphatic rings. The molecule has 0 aliphatic carbocycles. The Kier molecular flexibility index (Phi) is 7.82. The van der Waals surface area contributed by atoms with Gasteiger partial charge < -0.3 is 14.7 Å². The van der Waals surface area contributed by atoms with Gasteiger partial charge in [0.05, 0.1) is 11.1 Å². The van der Waals surface area contributed by atoms with Crippen molar-refractivity contribution in [3.63, 3.8) is 0 Å². The number of carbonyl (C=O) groups is 1. The lowest BCUT2D eigenvalue weighted by Gasteiger charge is -2.05. The van der Waals surface area contributed by atoms with E-state index >= 15 is 0 Å². The van der Waals surface area contributed by atoms with Gasteiger partial charge in [-0.2, -0.15) is 0 Å². The number of aromatic nitrogens is 1. The zero-order chi connectivity index (χ0) is 17.3. The molecule has 0 saturated heterocycles. The Bertz CT molecular complexity index is 611. The molecule has 1 amide bonds. The van der Waals surface area contributed by atoms with Crippen molar-refractivity contribution < 1.29 is 19.6 Å². The standard InChI is InChI=1S/C9H10N4O7.C2H6/c1-11-5-6(12(16)17)4-7(9(11)15)8(14)10-2-3-20-13(18)19;1-2/h4-5H,2-3H2,1H3,(H,10,14);1-2H3. The van der Waals surface area contributed by atoms with E-state index in [-0.39, 0.29) is 6.54 Å². The number of nitrogens with zero attached hydrogens (tertiary/aromatic N) is 3. The smallest absolute Gasteiger partial charge is 0.294 e. The summed E-state index contributed by atoms with van der Waals surface area (Å²) >= 11 is 0.